The first-order chi connectivity index (χ1) is 9.30. The van der Waals surface area contributed by atoms with Gasteiger partial charge in [0.25, 0.3) is 6.04 Å². The summed E-state index contributed by atoms with van der Waals surface area (Å²) in [5.41, 5.74) is -0.379. The summed E-state index contributed by atoms with van der Waals surface area (Å²) in [6.07, 6.45) is 0.443. The zero-order valence-electron chi connectivity index (χ0n) is 11.8. The minimum atomic E-state index is -1.44. The van der Waals surface area contributed by atoms with E-state index in [2.05, 4.69) is 15.0 Å². The molecule has 1 fully saturated rings. The van der Waals surface area contributed by atoms with E-state index in [9.17, 15) is 14.4 Å². The van der Waals surface area contributed by atoms with Crippen molar-refractivity contribution in [3.8, 4) is 6.07 Å². The molecule has 0 spiro atoms. The Hall–Kier alpha value is -2.10. The number of hydrogen-bond acceptors (Lipinski definition) is 7. The van der Waals surface area contributed by atoms with Crippen molar-refractivity contribution in [2.75, 3.05) is 6.61 Å². The van der Waals surface area contributed by atoms with Gasteiger partial charge in [0.2, 0.25) is 0 Å². The second-order valence-electron chi connectivity index (χ2n) is 5.37. The van der Waals surface area contributed by atoms with Gasteiger partial charge in [-0.05, 0) is 12.3 Å². The van der Waals surface area contributed by atoms with E-state index < -0.39 is 18.1 Å². The third-order valence-electron chi connectivity index (χ3n) is 2.85. The van der Waals surface area contributed by atoms with Gasteiger partial charge in [0, 0.05) is 12.8 Å². The van der Waals surface area contributed by atoms with Gasteiger partial charge in [-0.2, -0.15) is 15.5 Å². The van der Waals surface area contributed by atoms with Crippen LogP contribution in [0.25, 0.3) is 0 Å². The molecule has 1 aliphatic carbocycles. The number of nitrogens with zero attached hydrogens (tertiary/aromatic N) is 3. The van der Waals surface area contributed by atoms with E-state index in [-0.39, 0.29) is 36.4 Å². The number of ketones is 2. The van der Waals surface area contributed by atoms with E-state index in [1.807, 2.05) is 13.8 Å². The summed E-state index contributed by atoms with van der Waals surface area (Å²) < 4.78 is 4.64. The molecule has 0 saturated heterocycles. The van der Waals surface area contributed by atoms with Gasteiger partial charge in [-0.3, -0.25) is 9.59 Å². The molecule has 0 aromatic rings. The van der Waals surface area contributed by atoms with Crippen LogP contribution < -0.4 is 0 Å². The number of Topliss-reactive ketones (excluding diaryl/α,β-unsaturated/α-hetero) is 2. The summed E-state index contributed by atoms with van der Waals surface area (Å²) >= 11 is 0. The van der Waals surface area contributed by atoms with E-state index in [1.54, 1.807) is 13.0 Å². The van der Waals surface area contributed by atoms with E-state index in [0.29, 0.717) is 0 Å². The Kier molecular flexibility index (Phi) is 5.08. The van der Waals surface area contributed by atoms with E-state index in [0.717, 1.165) is 0 Å². The lowest BCUT2D eigenvalue weighted by atomic mass is 9.74. The highest BCUT2D eigenvalue weighted by Crippen LogP contribution is 2.32. The zero-order chi connectivity index (χ0) is 15.3. The van der Waals surface area contributed by atoms with Crippen molar-refractivity contribution in [3.63, 3.8) is 0 Å². The fraction of sp³-hybridized carbons (Fsp3) is 0.692. The normalized spacial score (nSPS) is 20.7. The first kappa shape index (κ1) is 16.0. The van der Waals surface area contributed by atoms with Gasteiger partial charge < -0.3 is 4.74 Å². The fourth-order valence-corrected chi connectivity index (χ4v) is 1.99. The van der Waals surface area contributed by atoms with Crippen molar-refractivity contribution in [1.29, 1.82) is 5.26 Å². The largest absolute Gasteiger partial charge is 0.464 e. The van der Waals surface area contributed by atoms with Gasteiger partial charge in [0.15, 0.2) is 17.6 Å². The number of esters is 1. The Bertz CT molecular complexity index is 470. The summed E-state index contributed by atoms with van der Waals surface area (Å²) in [7, 11) is 0. The van der Waals surface area contributed by atoms with Gasteiger partial charge in [-0.15, -0.1) is 0 Å². The molecule has 0 aliphatic heterocycles. The van der Waals surface area contributed by atoms with Crippen LogP contribution in [-0.4, -0.2) is 36.2 Å². The third kappa shape index (κ3) is 3.95. The predicted molar refractivity (Wildman–Crippen MR) is 67.7 cm³/mol. The van der Waals surface area contributed by atoms with Crippen molar-refractivity contribution in [3.05, 3.63) is 0 Å². The molecule has 0 radical (unpaired) electrons. The van der Waals surface area contributed by atoms with Crippen molar-refractivity contribution in [2.24, 2.45) is 15.6 Å². The average molecular weight is 279 g/mol. The lowest BCUT2D eigenvalue weighted by Crippen LogP contribution is -2.40. The Morgan fingerprint density at radius 1 is 1.45 bits per heavy atom. The number of ether oxygens (including phenoxy) is 1. The van der Waals surface area contributed by atoms with Crippen LogP contribution >= 0.6 is 0 Å². The molecule has 0 aromatic carbocycles. The standard InChI is InChI=1S/C13H17N3O4/c1-4-20-12(19)8(7-14)15-16-11-9(17)5-13(2,3)6-10(11)18/h8,11H,4-6H2,1-3H3. The monoisotopic (exact) mass is 279 g/mol. The summed E-state index contributed by atoms with van der Waals surface area (Å²) in [6.45, 7) is 5.36. The summed E-state index contributed by atoms with van der Waals surface area (Å²) in [6, 6.07) is -1.03. The molecular formula is C13H17N3O4. The van der Waals surface area contributed by atoms with Gasteiger partial charge in [0.1, 0.15) is 6.07 Å². The Labute approximate surface area is 117 Å². The molecule has 0 bridgehead atoms. The molecule has 7 heteroatoms. The van der Waals surface area contributed by atoms with E-state index >= 15 is 0 Å². The molecule has 0 amide bonds. The van der Waals surface area contributed by atoms with Crippen LogP contribution in [0.15, 0.2) is 10.2 Å². The molecule has 0 aromatic heterocycles. The van der Waals surface area contributed by atoms with Gasteiger partial charge in [-0.25, -0.2) is 4.79 Å². The minimum absolute atomic E-state index is 0.113. The van der Waals surface area contributed by atoms with Crippen molar-refractivity contribution >= 4 is 17.5 Å². The Balaban J connectivity index is 2.79. The van der Waals surface area contributed by atoms with E-state index in [1.165, 1.54) is 0 Å². The topological polar surface area (TPSA) is 109 Å². The maximum absolute atomic E-state index is 11.8. The maximum atomic E-state index is 11.8. The number of carbonyl (C=O) groups excluding carboxylic acids is 3. The smallest absolute Gasteiger partial charge is 0.347 e. The molecule has 1 atom stereocenters. The van der Waals surface area contributed by atoms with Crippen LogP contribution in [0.2, 0.25) is 0 Å². The number of rotatable bonds is 4. The summed E-state index contributed by atoms with van der Waals surface area (Å²) in [5.74, 6) is -1.51. The van der Waals surface area contributed by atoms with Crippen LogP contribution in [0.4, 0.5) is 0 Å². The molecule has 1 unspecified atom stereocenters. The summed E-state index contributed by atoms with van der Waals surface area (Å²) in [4.78, 5) is 35.0. The lowest BCUT2D eigenvalue weighted by Gasteiger charge is -2.29. The van der Waals surface area contributed by atoms with Crippen molar-refractivity contribution in [2.45, 2.75) is 45.7 Å². The third-order valence-corrected chi connectivity index (χ3v) is 2.85. The molecule has 1 aliphatic rings. The number of hydrogen-bond donors (Lipinski definition) is 0. The van der Waals surface area contributed by atoms with Crippen LogP contribution in [-0.2, 0) is 19.1 Å². The molecule has 0 N–H and O–H groups in total. The number of carbonyl (C=O) groups is 3. The maximum Gasteiger partial charge on any atom is 0.347 e. The van der Waals surface area contributed by atoms with Crippen molar-refractivity contribution < 1.29 is 19.1 Å². The Morgan fingerprint density at radius 3 is 2.45 bits per heavy atom. The fourth-order valence-electron chi connectivity index (χ4n) is 1.99. The SMILES string of the molecule is CCOC(=O)C(C#N)N=NC1C(=O)CC(C)(C)CC1=O. The number of nitriles is 1. The highest BCUT2D eigenvalue weighted by Gasteiger charge is 2.40. The van der Waals surface area contributed by atoms with Crippen LogP contribution in [0.1, 0.15) is 33.6 Å². The quantitative estimate of drug-likeness (QED) is 0.436. The first-order valence-electron chi connectivity index (χ1n) is 6.32. The second kappa shape index (κ2) is 6.37. The minimum Gasteiger partial charge on any atom is -0.464 e. The highest BCUT2D eigenvalue weighted by molar-refractivity contribution is 6.09. The molecule has 108 valence electrons. The van der Waals surface area contributed by atoms with Gasteiger partial charge in [0.05, 0.1) is 6.61 Å². The van der Waals surface area contributed by atoms with Gasteiger partial charge >= 0.3 is 5.97 Å². The molecule has 0 heterocycles. The van der Waals surface area contributed by atoms with Crippen molar-refractivity contribution in [1.82, 2.24) is 0 Å². The zero-order valence-corrected chi connectivity index (χ0v) is 11.8. The second-order valence-corrected chi connectivity index (χ2v) is 5.37. The lowest BCUT2D eigenvalue weighted by molar-refractivity contribution is -0.143. The van der Waals surface area contributed by atoms with Gasteiger partial charge in [-0.1, -0.05) is 13.8 Å². The van der Waals surface area contributed by atoms with E-state index in [4.69, 9.17) is 5.26 Å². The molecule has 20 heavy (non-hydrogen) atoms. The molecule has 7 nitrogen and oxygen atoms in total. The molecule has 1 saturated carbocycles. The average Bonchev–Trinajstić information content (AvgIpc) is 2.31. The molecular weight excluding hydrogens is 262 g/mol. The number of azo groups is 1. The van der Waals surface area contributed by atoms with Crippen LogP contribution in [0.3, 0.4) is 0 Å². The summed E-state index contributed by atoms with van der Waals surface area (Å²) in [5, 5.41) is 15.9. The van der Waals surface area contributed by atoms with Crippen LogP contribution in [0, 0.1) is 16.7 Å². The first-order valence-corrected chi connectivity index (χ1v) is 6.32. The highest BCUT2D eigenvalue weighted by atomic mass is 16.5. The predicted octanol–water partition coefficient (Wildman–Crippen LogP) is 1.22. The molecule has 1 rings (SSSR count). The Morgan fingerprint density at radius 2 is 2.00 bits per heavy atom. The van der Waals surface area contributed by atoms with Crippen LogP contribution in [0.5, 0.6) is 0 Å².